The highest BCUT2D eigenvalue weighted by molar-refractivity contribution is 7.22. The number of hydrogen-bond donors (Lipinski definition) is 1. The maximum Gasteiger partial charge on any atom is 0.204 e. The molecule has 3 aromatic rings. The van der Waals surface area contributed by atoms with Crippen LogP contribution in [0.25, 0.3) is 10.2 Å². The fourth-order valence-electron chi connectivity index (χ4n) is 2.43. The van der Waals surface area contributed by atoms with Crippen LogP contribution >= 0.6 is 34.5 Å². The lowest BCUT2D eigenvalue weighted by Crippen LogP contribution is -2.27. The van der Waals surface area contributed by atoms with Crippen LogP contribution in [0.15, 0.2) is 53.6 Å². The smallest absolute Gasteiger partial charge is 0.204 e. The van der Waals surface area contributed by atoms with Gasteiger partial charge in [0.05, 0.1) is 16.4 Å². The molecular formula is C18H18Cl2N4S. The minimum absolute atomic E-state index is 0.576. The number of fused-ring (bicyclic) bond motifs is 1. The number of thiazole rings is 1. The molecule has 1 aromatic heterocycles. The fraction of sp³-hybridized carbons (Fsp3) is 0.222. The number of aromatic nitrogens is 1. The molecule has 0 fully saturated rings. The molecule has 130 valence electrons. The summed E-state index contributed by atoms with van der Waals surface area (Å²) in [5.74, 6) is 1.15. The van der Waals surface area contributed by atoms with Gasteiger partial charge in [-0.25, -0.2) is 4.98 Å². The number of para-hydroxylation sites is 1. The van der Waals surface area contributed by atoms with Gasteiger partial charge in [0.1, 0.15) is 0 Å². The molecule has 0 atom stereocenters. The van der Waals surface area contributed by atoms with Crippen molar-refractivity contribution in [1.29, 1.82) is 0 Å². The van der Waals surface area contributed by atoms with Gasteiger partial charge in [0, 0.05) is 30.5 Å². The van der Waals surface area contributed by atoms with Gasteiger partial charge in [0.25, 0.3) is 0 Å². The number of halogens is 2. The summed E-state index contributed by atoms with van der Waals surface area (Å²) in [6.07, 6.45) is 1.78. The highest BCUT2D eigenvalue weighted by Crippen LogP contribution is 2.25. The SMILES string of the molecule is ClCCN(CCCl)c1ccc(/C=N\Nc2nc3ccccc3s2)cc1. The van der Waals surface area contributed by atoms with Crippen LogP contribution in [0.3, 0.4) is 0 Å². The average Bonchev–Trinajstić information content (AvgIpc) is 3.05. The van der Waals surface area contributed by atoms with Gasteiger partial charge >= 0.3 is 0 Å². The molecule has 0 saturated heterocycles. The van der Waals surface area contributed by atoms with Crippen molar-refractivity contribution in [2.75, 3.05) is 35.2 Å². The van der Waals surface area contributed by atoms with Gasteiger partial charge < -0.3 is 4.90 Å². The Morgan fingerprint density at radius 2 is 1.76 bits per heavy atom. The molecule has 7 heteroatoms. The number of nitrogens with zero attached hydrogens (tertiary/aromatic N) is 3. The van der Waals surface area contributed by atoms with Crippen LogP contribution in [0, 0.1) is 0 Å². The number of hydrogen-bond acceptors (Lipinski definition) is 5. The molecule has 0 amide bonds. The Morgan fingerprint density at radius 1 is 1.04 bits per heavy atom. The maximum atomic E-state index is 5.85. The zero-order valence-corrected chi connectivity index (χ0v) is 15.9. The van der Waals surface area contributed by atoms with E-state index in [1.807, 2.05) is 36.4 Å². The standard InChI is InChI=1S/C18H18Cl2N4S/c19-9-11-24(12-10-20)15-7-5-14(6-8-15)13-21-23-18-22-16-3-1-2-4-17(16)25-18/h1-8,13H,9-12H2,(H,22,23)/b21-13-. The van der Waals surface area contributed by atoms with Crippen LogP contribution in [-0.2, 0) is 0 Å². The molecule has 1 heterocycles. The molecule has 25 heavy (non-hydrogen) atoms. The molecule has 2 aromatic carbocycles. The van der Waals surface area contributed by atoms with Crippen molar-refractivity contribution in [3.05, 3.63) is 54.1 Å². The van der Waals surface area contributed by atoms with E-state index in [0.717, 1.165) is 39.7 Å². The van der Waals surface area contributed by atoms with Crippen LogP contribution < -0.4 is 10.3 Å². The summed E-state index contributed by atoms with van der Waals surface area (Å²) in [5, 5.41) is 5.05. The van der Waals surface area contributed by atoms with Gasteiger partial charge in [0.2, 0.25) is 5.13 Å². The maximum absolute atomic E-state index is 5.85. The van der Waals surface area contributed by atoms with Gasteiger partial charge in [-0.3, -0.25) is 5.43 Å². The van der Waals surface area contributed by atoms with Crippen LogP contribution in [-0.4, -0.2) is 36.0 Å². The van der Waals surface area contributed by atoms with Crippen LogP contribution in [0.4, 0.5) is 10.8 Å². The Kier molecular flexibility index (Phi) is 6.50. The first kappa shape index (κ1) is 18.0. The van der Waals surface area contributed by atoms with E-state index in [0.29, 0.717) is 11.8 Å². The third-order valence-electron chi connectivity index (χ3n) is 3.63. The molecule has 0 saturated carbocycles. The molecule has 0 unspecified atom stereocenters. The van der Waals surface area contributed by atoms with Crippen LogP contribution in [0.2, 0.25) is 0 Å². The quantitative estimate of drug-likeness (QED) is 0.332. The predicted molar refractivity (Wildman–Crippen MR) is 111 cm³/mol. The molecule has 3 rings (SSSR count). The van der Waals surface area contributed by atoms with Gasteiger partial charge in [-0.1, -0.05) is 35.6 Å². The Bertz CT molecular complexity index is 793. The van der Waals surface area contributed by atoms with Crippen molar-refractivity contribution in [1.82, 2.24) is 4.98 Å². The molecule has 0 aliphatic heterocycles. The Balaban J connectivity index is 1.63. The largest absolute Gasteiger partial charge is 0.369 e. The summed E-state index contributed by atoms with van der Waals surface area (Å²) < 4.78 is 1.14. The first-order valence-corrected chi connectivity index (χ1v) is 9.80. The van der Waals surface area contributed by atoms with Gasteiger partial charge in [0.15, 0.2) is 0 Å². The second kappa shape index (κ2) is 9.04. The number of rotatable bonds is 8. The zero-order valence-electron chi connectivity index (χ0n) is 13.5. The molecule has 0 aliphatic rings. The van der Waals surface area contributed by atoms with E-state index >= 15 is 0 Å². The summed E-state index contributed by atoms with van der Waals surface area (Å²) in [6, 6.07) is 16.2. The number of hydrazone groups is 1. The second-order valence-corrected chi connectivity index (χ2v) is 7.10. The molecule has 0 bridgehead atoms. The molecule has 0 radical (unpaired) electrons. The highest BCUT2D eigenvalue weighted by atomic mass is 35.5. The van der Waals surface area contributed by atoms with Crippen molar-refractivity contribution in [3.8, 4) is 0 Å². The lowest BCUT2D eigenvalue weighted by molar-refractivity contribution is 0.874. The van der Waals surface area contributed by atoms with Gasteiger partial charge in [-0.05, 0) is 29.8 Å². The third-order valence-corrected chi connectivity index (χ3v) is 4.91. The van der Waals surface area contributed by atoms with Crippen molar-refractivity contribution >= 4 is 61.8 Å². The Labute approximate surface area is 161 Å². The normalized spacial score (nSPS) is 11.3. The minimum atomic E-state index is 0.576. The van der Waals surface area contributed by atoms with E-state index in [2.05, 4.69) is 32.5 Å². The third kappa shape index (κ3) is 4.84. The molecule has 4 nitrogen and oxygen atoms in total. The van der Waals surface area contributed by atoms with E-state index in [1.54, 1.807) is 17.6 Å². The second-order valence-electron chi connectivity index (χ2n) is 5.31. The summed E-state index contributed by atoms with van der Waals surface area (Å²) in [7, 11) is 0. The van der Waals surface area contributed by atoms with E-state index in [1.165, 1.54) is 0 Å². The Hall–Kier alpha value is -1.82. The van der Waals surface area contributed by atoms with Crippen molar-refractivity contribution in [2.45, 2.75) is 0 Å². The topological polar surface area (TPSA) is 40.5 Å². The lowest BCUT2D eigenvalue weighted by atomic mass is 10.2. The lowest BCUT2D eigenvalue weighted by Gasteiger charge is -2.22. The number of anilines is 2. The molecule has 0 aliphatic carbocycles. The van der Waals surface area contributed by atoms with E-state index in [4.69, 9.17) is 23.2 Å². The molecular weight excluding hydrogens is 375 g/mol. The molecule has 0 spiro atoms. The van der Waals surface area contributed by atoms with Crippen molar-refractivity contribution in [3.63, 3.8) is 0 Å². The fourth-order valence-corrected chi connectivity index (χ4v) is 3.65. The summed E-state index contributed by atoms with van der Waals surface area (Å²) in [4.78, 5) is 6.65. The predicted octanol–water partition coefficient (Wildman–Crippen LogP) is 5.03. The summed E-state index contributed by atoms with van der Waals surface area (Å²) in [6.45, 7) is 1.56. The molecule has 1 N–H and O–H groups in total. The van der Waals surface area contributed by atoms with Gasteiger partial charge in [-0.15, -0.1) is 23.2 Å². The van der Waals surface area contributed by atoms with E-state index < -0.39 is 0 Å². The number of benzene rings is 2. The van der Waals surface area contributed by atoms with E-state index in [-0.39, 0.29) is 0 Å². The van der Waals surface area contributed by atoms with Crippen LogP contribution in [0.1, 0.15) is 5.56 Å². The number of nitrogens with one attached hydrogen (secondary N) is 1. The first-order chi connectivity index (χ1) is 12.3. The summed E-state index contributed by atoms with van der Waals surface area (Å²) in [5.41, 5.74) is 6.09. The zero-order chi connectivity index (χ0) is 17.5. The van der Waals surface area contributed by atoms with Gasteiger partial charge in [-0.2, -0.15) is 5.10 Å². The van der Waals surface area contributed by atoms with Crippen molar-refractivity contribution in [2.24, 2.45) is 5.10 Å². The Morgan fingerprint density at radius 3 is 2.44 bits per heavy atom. The van der Waals surface area contributed by atoms with Crippen LogP contribution in [0.5, 0.6) is 0 Å². The highest BCUT2D eigenvalue weighted by Gasteiger charge is 2.05. The summed E-state index contributed by atoms with van der Waals surface area (Å²) >= 11 is 13.3. The van der Waals surface area contributed by atoms with E-state index in [9.17, 15) is 0 Å². The first-order valence-electron chi connectivity index (χ1n) is 7.92. The number of alkyl halides is 2. The van der Waals surface area contributed by atoms with Crippen molar-refractivity contribution < 1.29 is 0 Å². The monoisotopic (exact) mass is 392 g/mol. The average molecular weight is 393 g/mol. The minimum Gasteiger partial charge on any atom is -0.369 e.